The monoisotopic (exact) mass is 1750 g/mol. The average Bonchev–Trinajstić information content (AvgIpc) is 1.63. The third-order valence-electron chi connectivity index (χ3n) is 24.0. The molecule has 0 aliphatic carbocycles. The van der Waals surface area contributed by atoms with Crippen LogP contribution in [-0.2, 0) is 22.3 Å². The van der Waals surface area contributed by atoms with E-state index in [4.69, 9.17) is 28.4 Å². The van der Waals surface area contributed by atoms with E-state index in [-0.39, 0.29) is 11.9 Å². The van der Waals surface area contributed by atoms with Crippen LogP contribution in [0.5, 0.6) is 23.0 Å². The van der Waals surface area contributed by atoms with Crippen LogP contribution in [0, 0.1) is 23.7 Å². The van der Waals surface area contributed by atoms with Gasteiger partial charge in [-0.2, -0.15) is 0 Å². The van der Waals surface area contributed by atoms with Crippen molar-refractivity contribution < 1.29 is 38.0 Å². The number of ether oxygens (including phenoxy) is 6. The quantitative estimate of drug-likeness (QED) is 0.0275. The molecule has 2 aromatic carbocycles. The smallest absolute Gasteiger partial charge is 0.338 e. The van der Waals surface area contributed by atoms with E-state index in [0.29, 0.717) is 110 Å². The number of unbranched alkanes of at least 4 members (excludes halogenated alkanes) is 32. The molecule has 0 radical (unpaired) electrons. The predicted molar refractivity (Wildman–Crippen MR) is 525 cm³/mol. The Labute approximate surface area is 753 Å². The fourth-order valence-electron chi connectivity index (χ4n) is 16.5. The van der Waals surface area contributed by atoms with Crippen LogP contribution in [0.4, 0.5) is 0 Å². The first kappa shape index (κ1) is 100. The minimum atomic E-state index is -0.330. The van der Waals surface area contributed by atoms with Gasteiger partial charge in [0.1, 0.15) is 23.0 Å². The van der Waals surface area contributed by atoms with E-state index in [1.807, 2.05) is 81.7 Å². The number of benzene rings is 2. The zero-order valence-electron chi connectivity index (χ0n) is 76.0. The zero-order chi connectivity index (χ0) is 84.7. The molecule has 0 aliphatic heterocycles. The van der Waals surface area contributed by atoms with Gasteiger partial charge in [0, 0.05) is 83.5 Å². The molecule has 0 fully saturated rings. The summed E-state index contributed by atoms with van der Waals surface area (Å²) in [5, 5.41) is 0. The number of hydrogen-bond donors (Lipinski definition) is 0. The summed E-state index contributed by atoms with van der Waals surface area (Å²) in [6.07, 6.45) is 62.0. The maximum atomic E-state index is 14.2. The number of thiophene rings is 6. The molecular formula is C106H158O8S6. The fourth-order valence-corrected chi connectivity index (χ4v) is 22.9. The lowest BCUT2D eigenvalue weighted by Gasteiger charge is -2.20. The van der Waals surface area contributed by atoms with Gasteiger partial charge in [-0.3, -0.25) is 0 Å². The number of hydrogen-bond acceptors (Lipinski definition) is 14. The number of carbonyl (C=O) groups is 2. The van der Waals surface area contributed by atoms with Crippen molar-refractivity contribution in [2.45, 2.75) is 376 Å². The lowest BCUT2D eigenvalue weighted by atomic mass is 9.95. The Morgan fingerprint density at radius 2 is 0.417 bits per heavy atom. The van der Waals surface area contributed by atoms with Gasteiger partial charge < -0.3 is 28.4 Å². The second kappa shape index (κ2) is 62.0. The molecule has 0 aliphatic rings. The SMILES string of the molecule is CCCCCCCCC(CCCCCC)COc1cc(OCC(CCCCCC)CCCCCCCC)cc(C(=O)OCCc2ccc(-c3ccc(-c4ccc(-c5ccc(-c6ccc(-c7ccc(CCOC(=O)c8cc(OCC(CCCCCC)CCCCCCCC)cc(OCC(CCCCCC)CCCCCCCC)c8)s7)s6)s5)s4)s3)s2)c1. The zero-order valence-corrected chi connectivity index (χ0v) is 80.9. The molecule has 0 bridgehead atoms. The van der Waals surface area contributed by atoms with Crippen molar-refractivity contribution in [3.8, 4) is 71.8 Å². The van der Waals surface area contributed by atoms with Gasteiger partial charge in [-0.15, -0.1) is 68.0 Å². The van der Waals surface area contributed by atoms with Gasteiger partial charge in [-0.25, -0.2) is 9.59 Å². The summed E-state index contributed by atoms with van der Waals surface area (Å²) in [5.41, 5.74) is 0.995. The molecule has 0 N–H and O–H groups in total. The molecule has 0 saturated heterocycles. The molecule has 6 aromatic heterocycles. The summed E-state index contributed by atoms with van der Waals surface area (Å²) >= 11 is 11.0. The van der Waals surface area contributed by atoms with Gasteiger partial charge in [-0.05, 0) is 172 Å². The van der Waals surface area contributed by atoms with Crippen LogP contribution in [0.25, 0.3) is 48.8 Å². The molecule has 14 heteroatoms. The van der Waals surface area contributed by atoms with Crippen LogP contribution in [0.2, 0.25) is 0 Å². The van der Waals surface area contributed by atoms with Gasteiger partial charge in [0.05, 0.1) is 50.8 Å². The van der Waals surface area contributed by atoms with E-state index in [9.17, 15) is 9.59 Å². The number of esters is 2. The molecule has 0 saturated carbocycles. The Balaban J connectivity index is 0.851. The Morgan fingerprint density at radius 1 is 0.233 bits per heavy atom. The van der Waals surface area contributed by atoms with Crippen molar-refractivity contribution in [2.75, 3.05) is 39.6 Å². The number of rotatable bonds is 73. The second-order valence-corrected chi connectivity index (χ2v) is 41.3. The third kappa shape index (κ3) is 39.5. The summed E-state index contributed by atoms with van der Waals surface area (Å²) in [5.74, 6) is 4.12. The summed E-state index contributed by atoms with van der Waals surface area (Å²) in [6, 6.07) is 38.6. The van der Waals surface area contributed by atoms with Gasteiger partial charge in [0.2, 0.25) is 0 Å². The fraction of sp³-hybridized carbons (Fsp3) is 0.642. The summed E-state index contributed by atoms with van der Waals surface area (Å²) in [6.45, 7) is 21.5. The Bertz CT molecular complexity index is 3580. The minimum Gasteiger partial charge on any atom is -0.493 e. The van der Waals surface area contributed by atoms with Crippen LogP contribution in [0.15, 0.2) is 109 Å². The van der Waals surface area contributed by atoms with Crippen molar-refractivity contribution in [2.24, 2.45) is 23.7 Å². The highest BCUT2D eigenvalue weighted by molar-refractivity contribution is 7.30. The van der Waals surface area contributed by atoms with Crippen molar-refractivity contribution >= 4 is 80.0 Å². The van der Waals surface area contributed by atoms with Gasteiger partial charge in [0.25, 0.3) is 0 Å². The van der Waals surface area contributed by atoms with Crippen LogP contribution in [0.1, 0.15) is 394 Å². The Hall–Kier alpha value is -5.22. The average molecular weight is 1750 g/mol. The van der Waals surface area contributed by atoms with E-state index in [1.54, 1.807) is 22.7 Å². The van der Waals surface area contributed by atoms with Crippen molar-refractivity contribution in [3.63, 3.8) is 0 Å². The van der Waals surface area contributed by atoms with Gasteiger partial charge in [-0.1, -0.05) is 312 Å². The Morgan fingerprint density at radius 3 is 0.633 bits per heavy atom. The summed E-state index contributed by atoms with van der Waals surface area (Å²) in [7, 11) is 0. The molecule has 120 heavy (non-hydrogen) atoms. The number of carbonyl (C=O) groups excluding carboxylic acids is 2. The molecule has 8 aromatic rings. The van der Waals surface area contributed by atoms with Gasteiger partial charge in [0.15, 0.2) is 0 Å². The van der Waals surface area contributed by atoms with Crippen molar-refractivity contribution in [1.82, 2.24) is 0 Å². The first-order chi connectivity index (χ1) is 59.0. The Kier molecular flexibility index (Phi) is 51.8. The predicted octanol–water partition coefficient (Wildman–Crippen LogP) is 36.1. The molecule has 6 heterocycles. The molecular weight excluding hydrogens is 1590 g/mol. The topological polar surface area (TPSA) is 89.5 Å². The maximum Gasteiger partial charge on any atom is 0.338 e. The normalized spacial score (nSPS) is 12.6. The molecule has 0 spiro atoms. The van der Waals surface area contributed by atoms with Crippen molar-refractivity contribution in [3.05, 3.63) is 130 Å². The molecule has 0 amide bonds. The van der Waals surface area contributed by atoms with Crippen LogP contribution in [-0.4, -0.2) is 51.6 Å². The summed E-state index contributed by atoms with van der Waals surface area (Å²) < 4.78 is 39.2. The molecule has 4 unspecified atom stereocenters. The van der Waals surface area contributed by atoms with E-state index in [0.717, 1.165) is 0 Å². The standard InChI is InChI=1S/C106H158O8S6/c1-9-17-25-33-37-45-53-83(49-41-29-21-13-5)79-111-89-73-87(74-90(77-89)112-80-84(50-42-30-22-14-6)54-46-38-34-26-18-10-2)105(107)109-71-69-93-57-59-95(115-93)97-61-63-99(117-97)101-65-67-103(119-101)104-68-66-102(120-104)100-64-62-98(118-100)96-60-58-94(116-96)70-72-110-106(108)88-75-91(113-81-85(51-43-31-23-15-7)55-47-39-35-27-19-11-3)78-92(76-88)114-82-86(52-44-32-24-16-8)56-48-40-36-28-20-12-4/h57-68,73-78,83-86H,9-56,69-72,79-82H2,1-8H3. The molecule has 666 valence electrons. The largest absolute Gasteiger partial charge is 0.493 e. The van der Waals surface area contributed by atoms with Crippen LogP contribution < -0.4 is 18.9 Å². The first-order valence-electron chi connectivity index (χ1n) is 48.8. The lowest BCUT2D eigenvalue weighted by Crippen LogP contribution is -2.15. The highest BCUT2D eigenvalue weighted by atomic mass is 32.1. The lowest BCUT2D eigenvalue weighted by molar-refractivity contribution is 0.0499. The first-order valence-corrected chi connectivity index (χ1v) is 53.7. The molecule has 8 nitrogen and oxygen atoms in total. The minimum absolute atomic E-state index is 0.295. The van der Waals surface area contributed by atoms with Crippen LogP contribution in [0.3, 0.4) is 0 Å². The highest BCUT2D eigenvalue weighted by Crippen LogP contribution is 2.47. The third-order valence-corrected chi connectivity index (χ3v) is 31.6. The van der Waals surface area contributed by atoms with Gasteiger partial charge >= 0.3 is 11.9 Å². The van der Waals surface area contributed by atoms with E-state index < -0.39 is 0 Å². The summed E-state index contributed by atoms with van der Waals surface area (Å²) in [4.78, 5) is 43.3. The van der Waals surface area contributed by atoms with E-state index in [2.05, 4.69) is 128 Å². The highest BCUT2D eigenvalue weighted by Gasteiger charge is 2.22. The second-order valence-electron chi connectivity index (χ2n) is 34.7. The van der Waals surface area contributed by atoms with E-state index in [1.165, 1.54) is 367 Å². The van der Waals surface area contributed by atoms with Crippen LogP contribution >= 0.6 is 68.0 Å². The molecule has 4 atom stereocenters. The molecule has 8 rings (SSSR count). The van der Waals surface area contributed by atoms with Crippen molar-refractivity contribution in [1.29, 1.82) is 0 Å². The van der Waals surface area contributed by atoms with E-state index >= 15 is 0 Å². The maximum absolute atomic E-state index is 14.2.